The van der Waals surface area contributed by atoms with E-state index >= 15 is 0 Å². The van der Waals surface area contributed by atoms with Crippen molar-refractivity contribution in [3.8, 4) is 0 Å². The van der Waals surface area contributed by atoms with E-state index in [1.807, 2.05) is 61.5 Å². The van der Waals surface area contributed by atoms with Crippen molar-refractivity contribution in [2.24, 2.45) is 0 Å². The average molecular weight is 358 g/mol. The summed E-state index contributed by atoms with van der Waals surface area (Å²) in [7, 11) is 0. The van der Waals surface area contributed by atoms with Crippen LogP contribution in [0, 0.1) is 17.0 Å². The number of hydrogen-bond donors (Lipinski definition) is 1. The average Bonchev–Trinajstić information content (AvgIpc) is 2.68. The Morgan fingerprint density at radius 3 is 2.37 bits per heavy atom. The molecular formula is C22H18N2O3. The molecule has 3 rings (SSSR count). The van der Waals surface area contributed by atoms with E-state index in [0.29, 0.717) is 11.1 Å². The van der Waals surface area contributed by atoms with Gasteiger partial charge in [0, 0.05) is 23.4 Å². The quantitative estimate of drug-likeness (QED) is 0.299. The van der Waals surface area contributed by atoms with Gasteiger partial charge in [-0.3, -0.25) is 14.9 Å². The molecule has 0 aliphatic heterocycles. The molecule has 5 heteroatoms. The van der Waals surface area contributed by atoms with Crippen LogP contribution in [0.25, 0.3) is 11.6 Å². The highest BCUT2D eigenvalue weighted by Gasteiger charge is 2.14. The van der Waals surface area contributed by atoms with Crippen LogP contribution in [0.5, 0.6) is 0 Å². The molecule has 3 aromatic rings. The monoisotopic (exact) mass is 358 g/mol. The van der Waals surface area contributed by atoms with Crippen LogP contribution in [-0.4, -0.2) is 10.8 Å². The number of nitro benzene ring substituents is 1. The lowest BCUT2D eigenvalue weighted by Crippen LogP contribution is -2.14. The summed E-state index contributed by atoms with van der Waals surface area (Å²) in [5, 5.41) is 14.0. The first-order valence-corrected chi connectivity index (χ1v) is 8.43. The van der Waals surface area contributed by atoms with E-state index in [0.717, 1.165) is 16.8 Å². The predicted molar refractivity (Wildman–Crippen MR) is 107 cm³/mol. The van der Waals surface area contributed by atoms with E-state index in [1.165, 1.54) is 12.1 Å². The Morgan fingerprint density at radius 2 is 1.67 bits per heavy atom. The summed E-state index contributed by atoms with van der Waals surface area (Å²) in [6.07, 6.45) is 1.66. The Kier molecular flexibility index (Phi) is 5.42. The number of nitrogens with one attached hydrogen (secondary N) is 1. The highest BCUT2D eigenvalue weighted by molar-refractivity contribution is 6.29. The number of aryl methyl sites for hydroxylation is 1. The number of anilines is 1. The van der Waals surface area contributed by atoms with E-state index in [2.05, 4.69) is 5.32 Å². The topological polar surface area (TPSA) is 72.2 Å². The maximum atomic E-state index is 13.0. The van der Waals surface area contributed by atoms with E-state index in [9.17, 15) is 14.9 Å². The lowest BCUT2D eigenvalue weighted by molar-refractivity contribution is -0.384. The number of rotatable bonds is 5. The minimum atomic E-state index is -0.451. The first-order valence-electron chi connectivity index (χ1n) is 8.43. The fraction of sp³-hybridized carbons (Fsp3) is 0.0455. The van der Waals surface area contributed by atoms with Gasteiger partial charge in [0.15, 0.2) is 0 Å². The zero-order valence-electron chi connectivity index (χ0n) is 14.8. The summed E-state index contributed by atoms with van der Waals surface area (Å²) in [5.41, 5.74) is 3.41. The standard InChI is InChI=1S/C22H18N2O3/c1-16-8-5-6-13-21(16)23-22(25)20(18-10-3-2-4-11-18)15-17-9-7-12-19(14-17)24(26)27/h2-15H,1H3,(H,23,25). The van der Waals surface area contributed by atoms with E-state index < -0.39 is 4.92 Å². The SMILES string of the molecule is Cc1ccccc1NC(=O)C(=Cc1cccc([N+](=O)[O-])c1)c1ccccc1. The second-order valence-corrected chi connectivity index (χ2v) is 6.05. The summed E-state index contributed by atoms with van der Waals surface area (Å²) < 4.78 is 0. The Hall–Kier alpha value is -3.73. The van der Waals surface area contributed by atoms with Gasteiger partial charge in [-0.2, -0.15) is 0 Å². The fourth-order valence-corrected chi connectivity index (χ4v) is 2.70. The van der Waals surface area contributed by atoms with Gasteiger partial charge >= 0.3 is 0 Å². The molecule has 134 valence electrons. The molecule has 0 aromatic heterocycles. The van der Waals surface area contributed by atoms with Crippen molar-refractivity contribution in [3.05, 3.63) is 106 Å². The highest BCUT2D eigenvalue weighted by atomic mass is 16.6. The third-order valence-electron chi connectivity index (χ3n) is 4.11. The van der Waals surface area contributed by atoms with Crippen LogP contribution in [0.2, 0.25) is 0 Å². The maximum Gasteiger partial charge on any atom is 0.270 e. The molecule has 27 heavy (non-hydrogen) atoms. The first-order chi connectivity index (χ1) is 13.0. The van der Waals surface area contributed by atoms with Crippen LogP contribution in [0.1, 0.15) is 16.7 Å². The number of non-ortho nitro benzene ring substituents is 1. The molecule has 0 aliphatic rings. The molecule has 0 atom stereocenters. The molecule has 0 saturated heterocycles. The maximum absolute atomic E-state index is 13.0. The van der Waals surface area contributed by atoms with Crippen molar-refractivity contribution in [3.63, 3.8) is 0 Å². The smallest absolute Gasteiger partial charge is 0.270 e. The van der Waals surface area contributed by atoms with Gasteiger partial charge in [-0.15, -0.1) is 0 Å². The van der Waals surface area contributed by atoms with Crippen molar-refractivity contribution in [2.45, 2.75) is 6.92 Å². The molecule has 0 heterocycles. The second-order valence-electron chi connectivity index (χ2n) is 6.05. The van der Waals surface area contributed by atoms with Crippen molar-refractivity contribution >= 4 is 28.9 Å². The molecule has 3 aromatic carbocycles. The van der Waals surface area contributed by atoms with Gasteiger partial charge in [-0.1, -0.05) is 60.7 Å². The summed E-state index contributed by atoms with van der Waals surface area (Å²) in [4.78, 5) is 23.6. The number of nitrogens with zero attached hydrogens (tertiary/aromatic N) is 1. The van der Waals surface area contributed by atoms with Gasteiger partial charge in [0.1, 0.15) is 0 Å². The number of para-hydroxylation sites is 1. The van der Waals surface area contributed by atoms with E-state index in [1.54, 1.807) is 18.2 Å². The Balaban J connectivity index is 2.01. The number of benzene rings is 3. The summed E-state index contributed by atoms with van der Waals surface area (Å²) in [6, 6.07) is 23.0. The molecule has 0 unspecified atom stereocenters. The van der Waals surface area contributed by atoms with E-state index in [-0.39, 0.29) is 11.6 Å². The Labute approximate surface area is 157 Å². The molecular weight excluding hydrogens is 340 g/mol. The van der Waals surface area contributed by atoms with Crippen molar-refractivity contribution < 1.29 is 9.72 Å². The van der Waals surface area contributed by atoms with Gasteiger partial charge in [0.25, 0.3) is 11.6 Å². The number of amides is 1. The van der Waals surface area contributed by atoms with Crippen LogP contribution in [-0.2, 0) is 4.79 Å². The number of carbonyl (C=O) groups is 1. The van der Waals surface area contributed by atoms with Gasteiger partial charge in [0.2, 0.25) is 0 Å². The molecule has 0 saturated carbocycles. The first kappa shape index (κ1) is 18.1. The zero-order valence-corrected chi connectivity index (χ0v) is 14.8. The predicted octanol–water partition coefficient (Wildman–Crippen LogP) is 5.08. The minimum Gasteiger partial charge on any atom is -0.322 e. The van der Waals surface area contributed by atoms with E-state index in [4.69, 9.17) is 0 Å². The van der Waals surface area contributed by atoms with Crippen LogP contribution in [0.3, 0.4) is 0 Å². The minimum absolute atomic E-state index is 0.0181. The van der Waals surface area contributed by atoms with Gasteiger partial charge in [-0.05, 0) is 35.8 Å². The third-order valence-corrected chi connectivity index (χ3v) is 4.11. The van der Waals surface area contributed by atoms with Crippen molar-refractivity contribution in [1.82, 2.24) is 0 Å². The molecule has 1 amide bonds. The third kappa shape index (κ3) is 4.46. The molecule has 0 spiro atoms. The summed E-state index contributed by atoms with van der Waals surface area (Å²) >= 11 is 0. The number of nitro groups is 1. The molecule has 0 aliphatic carbocycles. The summed E-state index contributed by atoms with van der Waals surface area (Å²) in [6.45, 7) is 1.92. The molecule has 5 nitrogen and oxygen atoms in total. The summed E-state index contributed by atoms with van der Waals surface area (Å²) in [5.74, 6) is -0.276. The number of carbonyl (C=O) groups excluding carboxylic acids is 1. The molecule has 0 fully saturated rings. The molecule has 1 N–H and O–H groups in total. The van der Waals surface area contributed by atoms with Crippen LogP contribution < -0.4 is 5.32 Å². The molecule has 0 bridgehead atoms. The van der Waals surface area contributed by atoms with Crippen molar-refractivity contribution in [2.75, 3.05) is 5.32 Å². The van der Waals surface area contributed by atoms with Crippen LogP contribution in [0.15, 0.2) is 78.9 Å². The Morgan fingerprint density at radius 1 is 0.963 bits per heavy atom. The lowest BCUT2D eigenvalue weighted by atomic mass is 10.0. The van der Waals surface area contributed by atoms with Gasteiger partial charge < -0.3 is 5.32 Å². The van der Waals surface area contributed by atoms with Crippen LogP contribution >= 0.6 is 0 Å². The zero-order chi connectivity index (χ0) is 19.2. The molecule has 0 radical (unpaired) electrons. The van der Waals surface area contributed by atoms with Crippen molar-refractivity contribution in [1.29, 1.82) is 0 Å². The number of hydrogen-bond acceptors (Lipinski definition) is 3. The van der Waals surface area contributed by atoms with Crippen LogP contribution in [0.4, 0.5) is 11.4 Å². The van der Waals surface area contributed by atoms with Gasteiger partial charge in [-0.25, -0.2) is 0 Å². The Bertz CT molecular complexity index is 1010. The normalized spacial score (nSPS) is 11.1. The second kappa shape index (κ2) is 8.10. The largest absolute Gasteiger partial charge is 0.322 e. The van der Waals surface area contributed by atoms with Gasteiger partial charge in [0.05, 0.1) is 4.92 Å². The fourth-order valence-electron chi connectivity index (χ4n) is 2.70. The lowest BCUT2D eigenvalue weighted by Gasteiger charge is -2.11. The highest BCUT2D eigenvalue weighted by Crippen LogP contribution is 2.23.